The van der Waals surface area contributed by atoms with Crippen molar-refractivity contribution in [3.05, 3.63) is 35.9 Å². The Bertz CT molecular complexity index is 639. The molecule has 3 aliphatic rings. The Kier molecular flexibility index (Phi) is 3.55. The normalized spacial score (nSPS) is 38.0. The van der Waals surface area contributed by atoms with Crippen molar-refractivity contribution in [2.24, 2.45) is 0 Å². The Hall–Kier alpha value is -0.910. The molecule has 1 aromatic rings. The second-order valence-corrected chi connectivity index (χ2v) is 8.92. The number of rotatable bonds is 2. The number of nitrogens with zero attached hydrogens (tertiary/aromatic N) is 1. The number of sulfone groups is 1. The third-order valence-corrected chi connectivity index (χ3v) is 8.51. The highest BCUT2D eigenvalue weighted by Gasteiger charge is 2.69. The van der Waals surface area contributed by atoms with Gasteiger partial charge in [-0.2, -0.15) is 0 Å². The SMILES string of the molecule is O=S1(=O)[C@H](c2ccccc2)[C@@]2(N3CCOCC3)CCCC[C@@H]21. The molecule has 0 aromatic heterocycles. The van der Waals surface area contributed by atoms with Crippen molar-refractivity contribution in [2.75, 3.05) is 26.3 Å². The van der Waals surface area contributed by atoms with Gasteiger partial charge in [-0.05, 0) is 18.4 Å². The fourth-order valence-electron chi connectivity index (χ4n) is 4.89. The number of benzene rings is 1. The molecular formula is C17H23NO3S. The van der Waals surface area contributed by atoms with Crippen molar-refractivity contribution in [3.63, 3.8) is 0 Å². The van der Waals surface area contributed by atoms with Crippen LogP contribution in [-0.4, -0.2) is 50.4 Å². The average molecular weight is 321 g/mol. The van der Waals surface area contributed by atoms with Gasteiger partial charge in [0.25, 0.3) is 0 Å². The molecule has 22 heavy (non-hydrogen) atoms. The highest BCUT2D eigenvalue weighted by molar-refractivity contribution is 7.94. The van der Waals surface area contributed by atoms with Crippen LogP contribution < -0.4 is 0 Å². The maximum Gasteiger partial charge on any atom is 0.163 e. The minimum absolute atomic E-state index is 0.183. The monoisotopic (exact) mass is 321 g/mol. The lowest BCUT2D eigenvalue weighted by Crippen LogP contribution is -2.75. The van der Waals surface area contributed by atoms with Gasteiger partial charge in [0.2, 0.25) is 0 Å². The Labute approximate surface area is 132 Å². The summed E-state index contributed by atoms with van der Waals surface area (Å²) in [7, 11) is -3.07. The fourth-order valence-corrected chi connectivity index (χ4v) is 7.99. The summed E-state index contributed by atoms with van der Waals surface area (Å²) in [6, 6.07) is 9.82. The van der Waals surface area contributed by atoms with Gasteiger partial charge in [-0.25, -0.2) is 8.42 Å². The molecular weight excluding hydrogens is 298 g/mol. The van der Waals surface area contributed by atoms with Gasteiger partial charge >= 0.3 is 0 Å². The molecule has 1 aromatic carbocycles. The largest absolute Gasteiger partial charge is 0.379 e. The Morgan fingerprint density at radius 1 is 1.09 bits per heavy atom. The predicted molar refractivity (Wildman–Crippen MR) is 85.5 cm³/mol. The lowest BCUT2D eigenvalue weighted by Gasteiger charge is -2.63. The topological polar surface area (TPSA) is 46.6 Å². The van der Waals surface area contributed by atoms with Gasteiger partial charge in [-0.1, -0.05) is 43.2 Å². The van der Waals surface area contributed by atoms with Crippen LogP contribution in [-0.2, 0) is 14.6 Å². The number of ether oxygens (including phenoxy) is 1. The summed E-state index contributed by atoms with van der Waals surface area (Å²) < 4.78 is 31.4. The Morgan fingerprint density at radius 3 is 2.55 bits per heavy atom. The smallest absolute Gasteiger partial charge is 0.163 e. The van der Waals surface area contributed by atoms with Gasteiger partial charge in [-0.3, -0.25) is 4.90 Å². The molecule has 0 radical (unpaired) electrons. The minimum atomic E-state index is -3.07. The molecule has 120 valence electrons. The zero-order valence-corrected chi connectivity index (χ0v) is 13.6. The molecule has 0 spiro atoms. The van der Waals surface area contributed by atoms with E-state index in [9.17, 15) is 8.42 Å². The third-order valence-electron chi connectivity index (χ3n) is 5.73. The van der Waals surface area contributed by atoms with Crippen molar-refractivity contribution in [1.82, 2.24) is 4.90 Å². The first-order chi connectivity index (χ1) is 10.7. The van der Waals surface area contributed by atoms with Crippen LogP contribution in [0, 0.1) is 0 Å². The fraction of sp³-hybridized carbons (Fsp3) is 0.647. The van der Waals surface area contributed by atoms with Crippen molar-refractivity contribution >= 4 is 9.84 Å². The molecule has 1 aliphatic carbocycles. The molecule has 3 fully saturated rings. The molecule has 3 atom stereocenters. The van der Waals surface area contributed by atoms with Crippen molar-refractivity contribution < 1.29 is 13.2 Å². The molecule has 0 N–H and O–H groups in total. The van der Waals surface area contributed by atoms with E-state index in [0.29, 0.717) is 0 Å². The first kappa shape index (κ1) is 14.7. The first-order valence-corrected chi connectivity index (χ1v) is 9.89. The van der Waals surface area contributed by atoms with Gasteiger partial charge in [0, 0.05) is 13.1 Å². The van der Waals surface area contributed by atoms with Crippen LogP contribution in [0.2, 0.25) is 0 Å². The summed E-state index contributed by atoms with van der Waals surface area (Å²) in [6.45, 7) is 3.15. The van der Waals surface area contributed by atoms with Gasteiger partial charge in [0.05, 0.1) is 24.0 Å². The molecule has 2 heterocycles. The van der Waals surface area contributed by atoms with E-state index in [0.717, 1.165) is 57.6 Å². The van der Waals surface area contributed by atoms with Gasteiger partial charge in [0.1, 0.15) is 5.25 Å². The van der Waals surface area contributed by atoms with Crippen LogP contribution in [0.5, 0.6) is 0 Å². The molecule has 0 unspecified atom stereocenters. The lowest BCUT2D eigenvalue weighted by atomic mass is 9.73. The zero-order chi connectivity index (χ0) is 15.2. The first-order valence-electron chi connectivity index (χ1n) is 8.28. The van der Waals surface area contributed by atoms with E-state index in [1.165, 1.54) is 0 Å². The van der Waals surface area contributed by atoms with E-state index >= 15 is 0 Å². The van der Waals surface area contributed by atoms with Crippen molar-refractivity contribution in [2.45, 2.75) is 41.7 Å². The highest BCUT2D eigenvalue weighted by atomic mass is 32.2. The quantitative estimate of drug-likeness (QED) is 0.837. The third kappa shape index (κ3) is 1.92. The van der Waals surface area contributed by atoms with E-state index in [2.05, 4.69) is 4.90 Å². The summed E-state index contributed by atoms with van der Waals surface area (Å²) >= 11 is 0. The molecule has 2 aliphatic heterocycles. The maximum absolute atomic E-state index is 13.0. The zero-order valence-electron chi connectivity index (χ0n) is 12.8. The molecule has 1 saturated carbocycles. The van der Waals surface area contributed by atoms with Crippen LogP contribution in [0.15, 0.2) is 30.3 Å². The summed E-state index contributed by atoms with van der Waals surface area (Å²) in [5, 5.41) is -0.540. The summed E-state index contributed by atoms with van der Waals surface area (Å²) in [6.07, 6.45) is 3.99. The second-order valence-electron chi connectivity index (χ2n) is 6.70. The van der Waals surface area contributed by atoms with Crippen LogP contribution in [0.3, 0.4) is 0 Å². The van der Waals surface area contributed by atoms with E-state index in [-0.39, 0.29) is 16.0 Å². The maximum atomic E-state index is 13.0. The minimum Gasteiger partial charge on any atom is -0.379 e. The number of fused-ring (bicyclic) bond motifs is 1. The molecule has 0 amide bonds. The van der Waals surface area contributed by atoms with Gasteiger partial charge in [0.15, 0.2) is 9.84 Å². The molecule has 4 rings (SSSR count). The molecule has 2 saturated heterocycles. The van der Waals surface area contributed by atoms with Crippen LogP contribution in [0.4, 0.5) is 0 Å². The lowest BCUT2D eigenvalue weighted by molar-refractivity contribution is -0.0483. The van der Waals surface area contributed by atoms with E-state index in [1.54, 1.807) is 0 Å². The molecule has 0 bridgehead atoms. The van der Waals surface area contributed by atoms with E-state index < -0.39 is 9.84 Å². The number of morpholine rings is 1. The summed E-state index contributed by atoms with van der Waals surface area (Å²) in [4.78, 5) is 2.43. The number of hydrogen-bond acceptors (Lipinski definition) is 4. The van der Waals surface area contributed by atoms with Gasteiger partial charge in [-0.15, -0.1) is 0 Å². The van der Waals surface area contributed by atoms with E-state index in [4.69, 9.17) is 4.74 Å². The molecule has 4 nitrogen and oxygen atoms in total. The summed E-state index contributed by atoms with van der Waals surface area (Å²) in [5.74, 6) is 0. The van der Waals surface area contributed by atoms with E-state index in [1.807, 2.05) is 30.3 Å². The Morgan fingerprint density at radius 2 is 1.82 bits per heavy atom. The van der Waals surface area contributed by atoms with Crippen molar-refractivity contribution in [1.29, 1.82) is 0 Å². The van der Waals surface area contributed by atoms with Crippen molar-refractivity contribution in [3.8, 4) is 0 Å². The number of hydrogen-bond donors (Lipinski definition) is 0. The molecule has 5 heteroatoms. The average Bonchev–Trinajstić information content (AvgIpc) is 2.56. The van der Waals surface area contributed by atoms with Crippen LogP contribution in [0.1, 0.15) is 36.5 Å². The Balaban J connectivity index is 1.79. The van der Waals surface area contributed by atoms with Gasteiger partial charge < -0.3 is 4.74 Å². The second kappa shape index (κ2) is 5.32. The summed E-state index contributed by atoms with van der Waals surface area (Å²) in [5.41, 5.74) is 0.773. The standard InChI is InChI=1S/C17H23NO3S/c19-22(20)15-8-4-5-9-17(15,18-10-12-21-13-11-18)16(22)14-6-2-1-3-7-14/h1-3,6-7,15-16H,4-5,8-13H2/t15-,16+,17+/m0/s1. The highest BCUT2D eigenvalue weighted by Crippen LogP contribution is 2.59. The van der Waals surface area contributed by atoms with Crippen LogP contribution in [0.25, 0.3) is 0 Å². The van der Waals surface area contributed by atoms with Crippen LogP contribution >= 0.6 is 0 Å². The predicted octanol–water partition coefficient (Wildman–Crippen LogP) is 2.17.